The summed E-state index contributed by atoms with van der Waals surface area (Å²) in [5.74, 6) is 0. The van der Waals surface area contributed by atoms with E-state index < -0.39 is 0 Å². The molecule has 0 aliphatic carbocycles. The second kappa shape index (κ2) is 5.97. The van der Waals surface area contributed by atoms with Crippen LogP contribution in [0.1, 0.15) is 18.5 Å². The molecule has 1 fully saturated rings. The summed E-state index contributed by atoms with van der Waals surface area (Å²) in [6.07, 6.45) is 5.55. The third-order valence-corrected chi connectivity index (χ3v) is 3.34. The molecule has 3 nitrogen and oxygen atoms in total. The van der Waals surface area contributed by atoms with Crippen molar-refractivity contribution in [3.05, 3.63) is 30.1 Å². The van der Waals surface area contributed by atoms with Gasteiger partial charge in [0.2, 0.25) is 0 Å². The van der Waals surface area contributed by atoms with Crippen molar-refractivity contribution in [3.63, 3.8) is 0 Å². The number of hydrogen-bond acceptors (Lipinski definition) is 3. The molecule has 88 valence electrons. The van der Waals surface area contributed by atoms with E-state index in [4.69, 9.17) is 0 Å². The zero-order valence-electron chi connectivity index (χ0n) is 10.0. The molecule has 0 aromatic carbocycles. The summed E-state index contributed by atoms with van der Waals surface area (Å²) >= 11 is 0. The average Bonchev–Trinajstić information content (AvgIpc) is 2.38. The van der Waals surface area contributed by atoms with E-state index in [0.717, 1.165) is 19.5 Å². The quantitative estimate of drug-likeness (QED) is 0.827. The maximum absolute atomic E-state index is 4.35. The molecule has 1 aliphatic rings. The number of piperidine rings is 1. The van der Waals surface area contributed by atoms with Gasteiger partial charge in [-0.1, -0.05) is 6.07 Å². The fourth-order valence-corrected chi connectivity index (χ4v) is 2.23. The van der Waals surface area contributed by atoms with Gasteiger partial charge in [0.15, 0.2) is 0 Å². The molecule has 1 atom stereocenters. The zero-order valence-corrected chi connectivity index (χ0v) is 10.0. The van der Waals surface area contributed by atoms with Crippen molar-refractivity contribution in [2.45, 2.75) is 25.3 Å². The molecular weight excluding hydrogens is 198 g/mol. The van der Waals surface area contributed by atoms with Gasteiger partial charge >= 0.3 is 0 Å². The highest BCUT2D eigenvalue weighted by atomic mass is 15.2. The number of nitrogens with zero attached hydrogens (tertiary/aromatic N) is 2. The SMILES string of the molecule is CN(CCc1ccccn1)C1CCCNC1. The molecule has 0 radical (unpaired) electrons. The first kappa shape index (κ1) is 11.6. The van der Waals surface area contributed by atoms with E-state index in [0.29, 0.717) is 6.04 Å². The van der Waals surface area contributed by atoms with Crippen LogP contribution in [-0.4, -0.2) is 42.6 Å². The molecule has 1 aromatic rings. The second-order valence-corrected chi connectivity index (χ2v) is 4.55. The molecule has 1 saturated heterocycles. The smallest absolute Gasteiger partial charge is 0.0416 e. The summed E-state index contributed by atoms with van der Waals surface area (Å²) in [4.78, 5) is 6.81. The molecular formula is C13H21N3. The summed E-state index contributed by atoms with van der Waals surface area (Å²) in [5.41, 5.74) is 1.19. The number of likely N-dealkylation sites (N-methyl/N-ethyl adjacent to an activating group) is 1. The van der Waals surface area contributed by atoms with Crippen molar-refractivity contribution in [1.29, 1.82) is 0 Å². The first-order chi connectivity index (χ1) is 7.86. The van der Waals surface area contributed by atoms with Gasteiger partial charge in [0, 0.05) is 37.4 Å². The Bertz CT molecular complexity index is 293. The van der Waals surface area contributed by atoms with Crippen LogP contribution in [0.5, 0.6) is 0 Å². The van der Waals surface area contributed by atoms with Crippen LogP contribution in [0.4, 0.5) is 0 Å². The van der Waals surface area contributed by atoms with Crippen molar-refractivity contribution < 1.29 is 0 Å². The molecule has 16 heavy (non-hydrogen) atoms. The Balaban J connectivity index is 1.76. The zero-order chi connectivity index (χ0) is 11.2. The maximum Gasteiger partial charge on any atom is 0.0416 e. The highest BCUT2D eigenvalue weighted by molar-refractivity contribution is 5.03. The Morgan fingerprint density at radius 2 is 2.44 bits per heavy atom. The van der Waals surface area contributed by atoms with Gasteiger partial charge in [-0.25, -0.2) is 0 Å². The van der Waals surface area contributed by atoms with Crippen LogP contribution >= 0.6 is 0 Å². The molecule has 2 heterocycles. The van der Waals surface area contributed by atoms with Gasteiger partial charge in [0.1, 0.15) is 0 Å². The van der Waals surface area contributed by atoms with Crippen LogP contribution in [0.15, 0.2) is 24.4 Å². The lowest BCUT2D eigenvalue weighted by Gasteiger charge is -2.31. The van der Waals surface area contributed by atoms with Gasteiger partial charge in [0.05, 0.1) is 0 Å². The lowest BCUT2D eigenvalue weighted by molar-refractivity contribution is 0.205. The second-order valence-electron chi connectivity index (χ2n) is 4.55. The summed E-state index contributed by atoms with van der Waals surface area (Å²) in [6, 6.07) is 6.84. The number of aromatic nitrogens is 1. The molecule has 2 rings (SSSR count). The topological polar surface area (TPSA) is 28.2 Å². The fraction of sp³-hybridized carbons (Fsp3) is 0.615. The van der Waals surface area contributed by atoms with Crippen molar-refractivity contribution in [3.8, 4) is 0 Å². The third-order valence-electron chi connectivity index (χ3n) is 3.34. The van der Waals surface area contributed by atoms with Gasteiger partial charge in [-0.15, -0.1) is 0 Å². The van der Waals surface area contributed by atoms with Crippen molar-refractivity contribution in [2.24, 2.45) is 0 Å². The van der Waals surface area contributed by atoms with Crippen molar-refractivity contribution in [1.82, 2.24) is 15.2 Å². The Kier molecular flexibility index (Phi) is 4.31. The van der Waals surface area contributed by atoms with E-state index in [1.165, 1.54) is 25.1 Å². The van der Waals surface area contributed by atoms with Crippen LogP contribution < -0.4 is 5.32 Å². The van der Waals surface area contributed by atoms with E-state index in [2.05, 4.69) is 34.4 Å². The molecule has 1 aromatic heterocycles. The fourth-order valence-electron chi connectivity index (χ4n) is 2.23. The minimum absolute atomic E-state index is 0.706. The van der Waals surface area contributed by atoms with Gasteiger partial charge in [0.25, 0.3) is 0 Å². The van der Waals surface area contributed by atoms with Gasteiger partial charge in [-0.3, -0.25) is 4.98 Å². The van der Waals surface area contributed by atoms with E-state index in [9.17, 15) is 0 Å². The molecule has 0 amide bonds. The van der Waals surface area contributed by atoms with Crippen molar-refractivity contribution >= 4 is 0 Å². The van der Waals surface area contributed by atoms with Gasteiger partial charge < -0.3 is 10.2 Å². The Labute approximate surface area is 97.9 Å². The van der Waals surface area contributed by atoms with E-state index >= 15 is 0 Å². The summed E-state index contributed by atoms with van der Waals surface area (Å²) in [7, 11) is 2.22. The number of pyridine rings is 1. The minimum atomic E-state index is 0.706. The van der Waals surface area contributed by atoms with Crippen LogP contribution in [0.2, 0.25) is 0 Å². The number of hydrogen-bond donors (Lipinski definition) is 1. The lowest BCUT2D eigenvalue weighted by Crippen LogP contribution is -2.44. The third kappa shape index (κ3) is 3.29. The number of rotatable bonds is 4. The first-order valence-electron chi connectivity index (χ1n) is 6.17. The van der Waals surface area contributed by atoms with Crippen LogP contribution in [0.25, 0.3) is 0 Å². The van der Waals surface area contributed by atoms with E-state index in [-0.39, 0.29) is 0 Å². The monoisotopic (exact) mass is 219 g/mol. The normalized spacial score (nSPS) is 21.2. The molecule has 1 N–H and O–H groups in total. The number of nitrogens with one attached hydrogen (secondary N) is 1. The summed E-state index contributed by atoms with van der Waals surface area (Å²) < 4.78 is 0. The highest BCUT2D eigenvalue weighted by Crippen LogP contribution is 2.09. The predicted octanol–water partition coefficient (Wildman–Crippen LogP) is 1.31. The van der Waals surface area contributed by atoms with Crippen LogP contribution in [0, 0.1) is 0 Å². The average molecular weight is 219 g/mol. The Hall–Kier alpha value is -0.930. The molecule has 1 unspecified atom stereocenters. The molecule has 3 heteroatoms. The first-order valence-corrected chi connectivity index (χ1v) is 6.17. The predicted molar refractivity (Wildman–Crippen MR) is 66.5 cm³/mol. The molecule has 1 aliphatic heterocycles. The summed E-state index contributed by atoms with van der Waals surface area (Å²) in [6.45, 7) is 3.42. The largest absolute Gasteiger partial charge is 0.315 e. The maximum atomic E-state index is 4.35. The van der Waals surface area contributed by atoms with E-state index in [1.807, 2.05) is 12.3 Å². The van der Waals surface area contributed by atoms with Crippen LogP contribution in [-0.2, 0) is 6.42 Å². The highest BCUT2D eigenvalue weighted by Gasteiger charge is 2.16. The molecule has 0 spiro atoms. The minimum Gasteiger partial charge on any atom is -0.315 e. The molecule has 0 bridgehead atoms. The van der Waals surface area contributed by atoms with Crippen molar-refractivity contribution in [2.75, 3.05) is 26.7 Å². The lowest BCUT2D eigenvalue weighted by atomic mass is 10.1. The Morgan fingerprint density at radius 1 is 1.50 bits per heavy atom. The molecule has 0 saturated carbocycles. The van der Waals surface area contributed by atoms with Gasteiger partial charge in [-0.05, 0) is 38.6 Å². The standard InChI is InChI=1S/C13H21N3/c1-16(13-6-4-8-14-11-13)10-7-12-5-2-3-9-15-12/h2-3,5,9,13-14H,4,6-8,10-11H2,1H3. The summed E-state index contributed by atoms with van der Waals surface area (Å²) in [5, 5.41) is 3.46. The van der Waals surface area contributed by atoms with Gasteiger partial charge in [-0.2, -0.15) is 0 Å². The Morgan fingerprint density at radius 3 is 3.12 bits per heavy atom. The van der Waals surface area contributed by atoms with E-state index in [1.54, 1.807) is 0 Å². The van der Waals surface area contributed by atoms with Crippen LogP contribution in [0.3, 0.4) is 0 Å².